The first kappa shape index (κ1) is 8.36. The minimum atomic E-state index is -1.20. The second-order valence-corrected chi connectivity index (χ2v) is 1.96. The molecule has 0 aromatic heterocycles. The molecule has 0 saturated heterocycles. The Hall–Kier alpha value is -1.74. The predicted molar refractivity (Wildman–Crippen MR) is 35.8 cm³/mol. The van der Waals surface area contributed by atoms with Gasteiger partial charge in [0, 0.05) is 12.1 Å². The van der Waals surface area contributed by atoms with E-state index >= 15 is 0 Å². The van der Waals surface area contributed by atoms with Crippen LogP contribution < -0.4 is 0 Å². The highest BCUT2D eigenvalue weighted by atomic mass is 19.2. The minimum absolute atomic E-state index is 0.344. The quantitative estimate of drug-likeness (QED) is 0.515. The first-order valence-electron chi connectivity index (χ1n) is 2.91. The normalized spacial score (nSPS) is 9.17. The average Bonchev–Trinajstić information content (AvgIpc) is 2.01. The number of aliphatic imine (C=N–C) groups is 1. The van der Waals surface area contributed by atoms with Crippen molar-refractivity contribution in [1.82, 2.24) is 0 Å². The van der Waals surface area contributed by atoms with Gasteiger partial charge in [0.15, 0.2) is 11.6 Å². The van der Waals surface area contributed by atoms with Crippen LogP contribution in [0.3, 0.4) is 0 Å². The fraction of sp³-hybridized carbons (Fsp3) is 0. The zero-order chi connectivity index (χ0) is 9.14. The standard InChI is InChI=1S/C7H3F2NO2/c8-4-1-6(10-3-11)7(12)2-5(4)9/h1-2,12H. The van der Waals surface area contributed by atoms with Gasteiger partial charge in [0.05, 0.1) is 0 Å². The van der Waals surface area contributed by atoms with Crippen LogP contribution in [0.4, 0.5) is 14.5 Å². The van der Waals surface area contributed by atoms with Crippen molar-refractivity contribution in [2.24, 2.45) is 4.99 Å². The lowest BCUT2D eigenvalue weighted by molar-refractivity contribution is 0.456. The van der Waals surface area contributed by atoms with E-state index in [1.54, 1.807) is 0 Å². The van der Waals surface area contributed by atoms with Gasteiger partial charge in [-0.1, -0.05) is 0 Å². The third kappa shape index (κ3) is 1.46. The molecule has 1 rings (SSSR count). The summed E-state index contributed by atoms with van der Waals surface area (Å²) in [6, 6.07) is 1.14. The fourth-order valence-electron chi connectivity index (χ4n) is 0.665. The van der Waals surface area contributed by atoms with Crippen molar-refractivity contribution in [3.8, 4) is 5.75 Å². The molecule has 0 atom stereocenters. The average molecular weight is 171 g/mol. The van der Waals surface area contributed by atoms with Crippen molar-refractivity contribution in [1.29, 1.82) is 0 Å². The second-order valence-electron chi connectivity index (χ2n) is 1.96. The maximum absolute atomic E-state index is 12.4. The summed E-state index contributed by atoms with van der Waals surface area (Å²) in [6.45, 7) is 0. The molecule has 0 aliphatic carbocycles. The van der Waals surface area contributed by atoms with E-state index < -0.39 is 17.4 Å². The van der Waals surface area contributed by atoms with Gasteiger partial charge in [-0.2, -0.15) is 4.99 Å². The molecule has 0 aliphatic heterocycles. The van der Waals surface area contributed by atoms with Gasteiger partial charge in [-0.15, -0.1) is 0 Å². The lowest BCUT2D eigenvalue weighted by atomic mass is 10.3. The van der Waals surface area contributed by atoms with Crippen LogP contribution in [0, 0.1) is 11.6 Å². The van der Waals surface area contributed by atoms with Crippen molar-refractivity contribution in [2.75, 3.05) is 0 Å². The molecule has 0 spiro atoms. The Labute approximate surface area is 66.0 Å². The highest BCUT2D eigenvalue weighted by Crippen LogP contribution is 2.27. The van der Waals surface area contributed by atoms with Gasteiger partial charge in [-0.3, -0.25) is 0 Å². The molecule has 0 amide bonds. The van der Waals surface area contributed by atoms with Gasteiger partial charge < -0.3 is 5.11 Å². The number of hydrogen-bond donors (Lipinski definition) is 1. The van der Waals surface area contributed by atoms with E-state index in [9.17, 15) is 13.6 Å². The van der Waals surface area contributed by atoms with Gasteiger partial charge in [-0.25, -0.2) is 13.6 Å². The molecule has 62 valence electrons. The van der Waals surface area contributed by atoms with Gasteiger partial charge >= 0.3 is 0 Å². The Morgan fingerprint density at radius 1 is 1.33 bits per heavy atom. The summed E-state index contributed by atoms with van der Waals surface area (Å²) in [5.74, 6) is -2.98. The Balaban J connectivity index is 3.32. The molecule has 1 aromatic rings. The summed E-state index contributed by atoms with van der Waals surface area (Å²) in [4.78, 5) is 12.6. The molecule has 5 heteroatoms. The zero-order valence-electron chi connectivity index (χ0n) is 5.71. The van der Waals surface area contributed by atoms with Crippen LogP contribution in [-0.4, -0.2) is 11.2 Å². The molecular weight excluding hydrogens is 168 g/mol. The fourth-order valence-corrected chi connectivity index (χ4v) is 0.665. The summed E-state index contributed by atoms with van der Waals surface area (Å²) in [6.07, 6.45) is 1.10. The molecule has 0 heterocycles. The topological polar surface area (TPSA) is 49.7 Å². The van der Waals surface area contributed by atoms with Crippen molar-refractivity contribution < 1.29 is 18.7 Å². The van der Waals surface area contributed by atoms with Gasteiger partial charge in [0.25, 0.3) is 0 Å². The number of halogens is 2. The van der Waals surface area contributed by atoms with Crippen LogP contribution in [0.15, 0.2) is 17.1 Å². The van der Waals surface area contributed by atoms with Gasteiger partial charge in [0.1, 0.15) is 11.4 Å². The predicted octanol–water partition coefficient (Wildman–Crippen LogP) is 1.64. The van der Waals surface area contributed by atoms with Crippen molar-refractivity contribution >= 4 is 11.8 Å². The summed E-state index contributed by atoms with van der Waals surface area (Å²) in [5, 5.41) is 8.87. The number of hydrogen-bond acceptors (Lipinski definition) is 3. The van der Waals surface area contributed by atoms with Gasteiger partial charge in [-0.05, 0) is 0 Å². The van der Waals surface area contributed by atoms with Crippen LogP contribution >= 0.6 is 0 Å². The van der Waals surface area contributed by atoms with E-state index in [2.05, 4.69) is 4.99 Å². The molecule has 0 radical (unpaired) electrons. The molecule has 0 aliphatic rings. The number of phenols is 1. The van der Waals surface area contributed by atoms with Crippen molar-refractivity contribution in [2.45, 2.75) is 0 Å². The lowest BCUT2D eigenvalue weighted by Crippen LogP contribution is -1.82. The molecule has 1 N–H and O–H groups in total. The molecule has 0 fully saturated rings. The van der Waals surface area contributed by atoms with E-state index in [0.717, 1.165) is 6.08 Å². The number of rotatable bonds is 1. The largest absolute Gasteiger partial charge is 0.506 e. The van der Waals surface area contributed by atoms with E-state index in [1.807, 2.05) is 0 Å². The van der Waals surface area contributed by atoms with Crippen LogP contribution in [0.2, 0.25) is 0 Å². The Kier molecular flexibility index (Phi) is 2.16. The first-order chi connectivity index (χ1) is 5.65. The Morgan fingerprint density at radius 3 is 2.50 bits per heavy atom. The number of nitrogens with zero attached hydrogens (tertiary/aromatic N) is 1. The summed E-state index contributed by atoms with van der Waals surface area (Å²) in [5.41, 5.74) is -0.344. The second kappa shape index (κ2) is 3.11. The molecule has 0 unspecified atom stereocenters. The van der Waals surface area contributed by atoms with E-state index in [1.165, 1.54) is 0 Å². The molecule has 12 heavy (non-hydrogen) atoms. The van der Waals surface area contributed by atoms with Crippen molar-refractivity contribution in [3.05, 3.63) is 23.8 Å². The number of aromatic hydroxyl groups is 1. The number of benzene rings is 1. The van der Waals surface area contributed by atoms with Crippen LogP contribution in [-0.2, 0) is 4.79 Å². The lowest BCUT2D eigenvalue weighted by Gasteiger charge is -1.96. The first-order valence-corrected chi connectivity index (χ1v) is 2.91. The zero-order valence-corrected chi connectivity index (χ0v) is 5.71. The highest BCUT2D eigenvalue weighted by Gasteiger charge is 2.07. The molecule has 1 aromatic carbocycles. The maximum atomic E-state index is 12.4. The molecule has 0 saturated carbocycles. The monoisotopic (exact) mass is 171 g/mol. The Bertz CT molecular complexity index is 359. The Morgan fingerprint density at radius 2 is 1.92 bits per heavy atom. The van der Waals surface area contributed by atoms with Gasteiger partial charge in [0.2, 0.25) is 6.08 Å². The summed E-state index contributed by atoms with van der Waals surface area (Å²) >= 11 is 0. The summed E-state index contributed by atoms with van der Waals surface area (Å²) < 4.78 is 24.7. The third-order valence-corrected chi connectivity index (χ3v) is 1.18. The molecule has 0 bridgehead atoms. The maximum Gasteiger partial charge on any atom is 0.240 e. The smallest absolute Gasteiger partial charge is 0.240 e. The number of isocyanates is 1. The summed E-state index contributed by atoms with van der Waals surface area (Å²) in [7, 11) is 0. The minimum Gasteiger partial charge on any atom is -0.506 e. The number of carbonyl (C=O) groups excluding carboxylic acids is 1. The van der Waals surface area contributed by atoms with E-state index in [4.69, 9.17) is 5.11 Å². The SMILES string of the molecule is O=C=Nc1cc(F)c(F)cc1O. The third-order valence-electron chi connectivity index (χ3n) is 1.18. The van der Waals surface area contributed by atoms with Crippen LogP contribution in [0.5, 0.6) is 5.75 Å². The van der Waals surface area contributed by atoms with Crippen molar-refractivity contribution in [3.63, 3.8) is 0 Å². The molecular formula is C7H3F2NO2. The van der Waals surface area contributed by atoms with E-state index in [0.29, 0.717) is 12.1 Å². The highest BCUT2D eigenvalue weighted by molar-refractivity contribution is 5.57. The van der Waals surface area contributed by atoms with Crippen LogP contribution in [0.1, 0.15) is 0 Å². The number of phenolic OH excluding ortho intramolecular Hbond substituents is 1. The van der Waals surface area contributed by atoms with Crippen LogP contribution in [0.25, 0.3) is 0 Å². The van der Waals surface area contributed by atoms with E-state index in [-0.39, 0.29) is 5.69 Å². The molecule has 3 nitrogen and oxygen atoms in total.